The van der Waals surface area contributed by atoms with Gasteiger partial charge in [0, 0.05) is 29.9 Å². The molecule has 1 N–H and O–H groups in total. The quantitative estimate of drug-likeness (QED) is 0.789. The van der Waals surface area contributed by atoms with Gasteiger partial charge in [0.2, 0.25) is 0 Å². The van der Waals surface area contributed by atoms with Gasteiger partial charge >= 0.3 is 5.97 Å². The van der Waals surface area contributed by atoms with Crippen LogP contribution < -0.4 is 10.9 Å². The molecule has 2 aromatic rings. The number of hydrogen-bond acceptors (Lipinski definition) is 4. The van der Waals surface area contributed by atoms with Gasteiger partial charge in [0.25, 0.3) is 5.56 Å². The SMILES string of the molecule is COC(=O)c1c2c3c(cccc3n(C)c1=O)NC=C2. The van der Waals surface area contributed by atoms with E-state index in [0.717, 1.165) is 16.6 Å². The van der Waals surface area contributed by atoms with E-state index < -0.39 is 5.97 Å². The van der Waals surface area contributed by atoms with Gasteiger partial charge in [-0.1, -0.05) is 6.07 Å². The molecule has 1 aliphatic heterocycles. The van der Waals surface area contributed by atoms with Gasteiger partial charge in [-0.2, -0.15) is 0 Å². The first kappa shape index (κ1) is 11.5. The lowest BCUT2D eigenvalue weighted by atomic mass is 9.99. The predicted octanol–water partition coefficient (Wildman–Crippen LogP) is 1.72. The molecule has 1 aliphatic rings. The van der Waals surface area contributed by atoms with Crippen LogP contribution in [0.1, 0.15) is 15.9 Å². The van der Waals surface area contributed by atoms with Gasteiger partial charge in [0.15, 0.2) is 0 Å². The van der Waals surface area contributed by atoms with Gasteiger partial charge in [0.05, 0.1) is 12.6 Å². The van der Waals surface area contributed by atoms with Crippen molar-refractivity contribution in [3.63, 3.8) is 0 Å². The molecule has 0 atom stereocenters. The van der Waals surface area contributed by atoms with Crippen LogP contribution in [0.2, 0.25) is 0 Å². The van der Waals surface area contributed by atoms with Crippen LogP contribution in [0.5, 0.6) is 0 Å². The third-order valence-electron chi connectivity index (χ3n) is 3.34. The second kappa shape index (κ2) is 3.98. The molecule has 96 valence electrons. The fourth-order valence-electron chi connectivity index (χ4n) is 2.42. The number of carbonyl (C=O) groups is 1. The Morgan fingerprint density at radius 3 is 2.89 bits per heavy atom. The van der Waals surface area contributed by atoms with E-state index in [1.54, 1.807) is 19.3 Å². The molecule has 0 saturated heterocycles. The molecule has 5 nitrogen and oxygen atoms in total. The van der Waals surface area contributed by atoms with E-state index in [-0.39, 0.29) is 11.1 Å². The van der Waals surface area contributed by atoms with Crippen molar-refractivity contribution in [1.29, 1.82) is 0 Å². The van der Waals surface area contributed by atoms with Gasteiger partial charge < -0.3 is 14.6 Å². The maximum Gasteiger partial charge on any atom is 0.344 e. The molecule has 19 heavy (non-hydrogen) atoms. The highest BCUT2D eigenvalue weighted by Gasteiger charge is 2.23. The number of aromatic nitrogens is 1. The van der Waals surface area contributed by atoms with E-state index in [1.807, 2.05) is 18.2 Å². The third kappa shape index (κ3) is 1.48. The zero-order valence-electron chi connectivity index (χ0n) is 10.6. The molecule has 0 bridgehead atoms. The molecule has 0 aliphatic carbocycles. The average Bonchev–Trinajstić information content (AvgIpc) is 2.44. The maximum atomic E-state index is 12.3. The summed E-state index contributed by atoms with van der Waals surface area (Å²) < 4.78 is 6.19. The minimum atomic E-state index is -0.612. The molecule has 0 amide bonds. The fraction of sp³-hybridized carbons (Fsp3) is 0.143. The van der Waals surface area contributed by atoms with Gasteiger partial charge in [-0.15, -0.1) is 0 Å². The highest BCUT2D eigenvalue weighted by Crippen LogP contribution is 2.31. The Morgan fingerprint density at radius 2 is 2.16 bits per heavy atom. The monoisotopic (exact) mass is 256 g/mol. The molecule has 0 saturated carbocycles. The number of aryl methyl sites for hydroxylation is 1. The first-order valence-electron chi connectivity index (χ1n) is 5.82. The first-order chi connectivity index (χ1) is 9.15. The fourth-order valence-corrected chi connectivity index (χ4v) is 2.42. The van der Waals surface area contributed by atoms with E-state index in [2.05, 4.69) is 5.32 Å². The second-order valence-electron chi connectivity index (χ2n) is 4.32. The number of carbonyl (C=O) groups excluding carboxylic acids is 1. The topological polar surface area (TPSA) is 60.3 Å². The number of hydrogen-bond donors (Lipinski definition) is 1. The van der Waals surface area contributed by atoms with E-state index in [1.165, 1.54) is 11.7 Å². The summed E-state index contributed by atoms with van der Waals surface area (Å²) in [4.78, 5) is 24.2. The largest absolute Gasteiger partial charge is 0.465 e. The van der Waals surface area contributed by atoms with Gasteiger partial charge in [-0.3, -0.25) is 4.79 Å². The van der Waals surface area contributed by atoms with Crippen molar-refractivity contribution in [1.82, 2.24) is 4.57 Å². The van der Waals surface area contributed by atoms with Crippen LogP contribution in [0.25, 0.3) is 17.0 Å². The highest BCUT2D eigenvalue weighted by atomic mass is 16.5. The lowest BCUT2D eigenvalue weighted by Gasteiger charge is -2.18. The van der Waals surface area contributed by atoms with E-state index in [9.17, 15) is 9.59 Å². The number of rotatable bonds is 1. The summed E-state index contributed by atoms with van der Waals surface area (Å²) >= 11 is 0. The first-order valence-corrected chi connectivity index (χ1v) is 5.82. The molecule has 0 fully saturated rings. The van der Waals surface area contributed by atoms with Crippen molar-refractivity contribution in [2.24, 2.45) is 7.05 Å². The second-order valence-corrected chi connectivity index (χ2v) is 4.32. The molecule has 0 unspecified atom stereocenters. The molecule has 5 heteroatoms. The summed E-state index contributed by atoms with van der Waals surface area (Å²) in [7, 11) is 2.92. The van der Waals surface area contributed by atoms with Gasteiger partial charge in [-0.25, -0.2) is 4.79 Å². The van der Waals surface area contributed by atoms with Gasteiger partial charge in [-0.05, 0) is 18.2 Å². The van der Waals surface area contributed by atoms with Crippen molar-refractivity contribution in [2.45, 2.75) is 0 Å². The molecule has 3 rings (SSSR count). The number of methoxy groups -OCH3 is 1. The van der Waals surface area contributed by atoms with Crippen LogP contribution >= 0.6 is 0 Å². The third-order valence-corrected chi connectivity index (χ3v) is 3.34. The Bertz CT molecular complexity index is 787. The zero-order valence-corrected chi connectivity index (χ0v) is 10.6. The molecule has 1 aromatic carbocycles. The van der Waals surface area contributed by atoms with E-state index >= 15 is 0 Å². The summed E-state index contributed by atoms with van der Waals surface area (Å²) in [6, 6.07) is 5.62. The zero-order chi connectivity index (χ0) is 13.6. The van der Waals surface area contributed by atoms with E-state index in [0.29, 0.717) is 5.56 Å². The summed E-state index contributed by atoms with van der Waals surface area (Å²) in [5.74, 6) is -0.612. The average molecular weight is 256 g/mol. The van der Waals surface area contributed by atoms with Crippen molar-refractivity contribution in [3.8, 4) is 0 Å². The van der Waals surface area contributed by atoms with Crippen LogP contribution in [-0.2, 0) is 11.8 Å². The normalized spacial score (nSPS) is 12.3. The Balaban J connectivity index is 2.56. The van der Waals surface area contributed by atoms with Crippen molar-refractivity contribution < 1.29 is 9.53 Å². The maximum absolute atomic E-state index is 12.3. The molecule has 2 heterocycles. The number of ether oxygens (including phenoxy) is 1. The molecular weight excluding hydrogens is 244 g/mol. The molecule has 1 aromatic heterocycles. The minimum Gasteiger partial charge on any atom is -0.465 e. The highest BCUT2D eigenvalue weighted by molar-refractivity contribution is 6.07. The minimum absolute atomic E-state index is 0.0719. The predicted molar refractivity (Wildman–Crippen MR) is 73.2 cm³/mol. The van der Waals surface area contributed by atoms with Crippen LogP contribution in [0.4, 0.5) is 5.69 Å². The summed E-state index contributed by atoms with van der Waals surface area (Å²) in [5.41, 5.74) is 1.98. The Morgan fingerprint density at radius 1 is 1.37 bits per heavy atom. The molecule has 0 radical (unpaired) electrons. The Kier molecular flexibility index (Phi) is 2.41. The molecular formula is C14H12N2O3. The Labute approximate surface area is 109 Å². The van der Waals surface area contributed by atoms with Crippen molar-refractivity contribution >= 4 is 28.6 Å². The number of pyridine rings is 1. The summed E-state index contributed by atoms with van der Waals surface area (Å²) in [6.45, 7) is 0. The lowest BCUT2D eigenvalue weighted by molar-refractivity contribution is 0.0598. The van der Waals surface area contributed by atoms with E-state index in [4.69, 9.17) is 4.74 Å². The standard InChI is InChI=1S/C14H12N2O3/c1-16-10-5-3-4-9-11(10)8(6-7-15-9)12(13(16)17)14(18)19-2/h3-7,15H,1-2H3. The summed E-state index contributed by atoms with van der Waals surface area (Å²) in [6.07, 6.45) is 3.44. The molecule has 0 spiro atoms. The van der Waals surface area contributed by atoms with Crippen LogP contribution in [0, 0.1) is 0 Å². The Hall–Kier alpha value is -2.56. The number of benzene rings is 1. The smallest absolute Gasteiger partial charge is 0.344 e. The number of nitrogens with zero attached hydrogens (tertiary/aromatic N) is 1. The van der Waals surface area contributed by atoms with Crippen molar-refractivity contribution in [3.05, 3.63) is 45.9 Å². The number of esters is 1. The van der Waals surface area contributed by atoms with Crippen LogP contribution in [0.3, 0.4) is 0 Å². The van der Waals surface area contributed by atoms with Crippen molar-refractivity contribution in [2.75, 3.05) is 12.4 Å². The number of anilines is 1. The lowest BCUT2D eigenvalue weighted by Crippen LogP contribution is -2.27. The van der Waals surface area contributed by atoms with Crippen LogP contribution in [0.15, 0.2) is 29.2 Å². The van der Waals surface area contributed by atoms with Gasteiger partial charge in [0.1, 0.15) is 5.56 Å². The summed E-state index contributed by atoms with van der Waals surface area (Å²) in [5, 5.41) is 3.96. The van der Waals surface area contributed by atoms with Crippen LogP contribution in [-0.4, -0.2) is 17.6 Å². The number of nitrogens with one attached hydrogen (secondary N) is 1.